The molecule has 1 rings (SSSR count). The Morgan fingerprint density at radius 3 is 2.29 bits per heavy atom. The van der Waals surface area contributed by atoms with Gasteiger partial charge < -0.3 is 10.4 Å². The molecule has 0 aliphatic heterocycles. The molecule has 0 radical (unpaired) electrons. The second-order valence-electron chi connectivity index (χ2n) is 4.39. The predicted molar refractivity (Wildman–Crippen MR) is 65.2 cm³/mol. The van der Waals surface area contributed by atoms with E-state index in [1.807, 2.05) is 20.8 Å². The minimum Gasteiger partial charge on any atom is -0.478 e. The Morgan fingerprint density at radius 2 is 1.76 bits per heavy atom. The van der Waals surface area contributed by atoms with E-state index in [1.165, 1.54) is 12.1 Å². The zero-order valence-corrected chi connectivity index (χ0v) is 10.2. The number of carboxylic acid groups (broad SMARTS) is 1. The molecule has 0 aliphatic rings. The molecule has 0 aliphatic carbocycles. The predicted octanol–water partition coefficient (Wildman–Crippen LogP) is 2.16. The summed E-state index contributed by atoms with van der Waals surface area (Å²) in [6, 6.07) is 6.07. The van der Waals surface area contributed by atoms with E-state index < -0.39 is 5.97 Å². The molecule has 1 atom stereocenters. The molecular formula is C13H17NO3. The first kappa shape index (κ1) is 13.2. The summed E-state index contributed by atoms with van der Waals surface area (Å²) in [6.45, 7) is 5.95. The van der Waals surface area contributed by atoms with Crippen LogP contribution < -0.4 is 5.32 Å². The maximum Gasteiger partial charge on any atom is 0.335 e. The number of carboxylic acids is 1. The van der Waals surface area contributed by atoms with E-state index in [0.717, 1.165) is 0 Å². The highest BCUT2D eigenvalue weighted by Gasteiger charge is 2.13. The number of hydrogen-bond acceptors (Lipinski definition) is 2. The Balaban J connectivity index is 2.82. The normalized spacial score (nSPS) is 12.2. The van der Waals surface area contributed by atoms with Crippen molar-refractivity contribution in [1.29, 1.82) is 0 Å². The van der Waals surface area contributed by atoms with Crippen LogP contribution in [-0.4, -0.2) is 23.0 Å². The summed E-state index contributed by atoms with van der Waals surface area (Å²) in [5.41, 5.74) is 0.493. The van der Waals surface area contributed by atoms with Crippen LogP contribution in [0.2, 0.25) is 0 Å². The van der Waals surface area contributed by atoms with Crippen LogP contribution >= 0.6 is 0 Å². The Kier molecular flexibility index (Phi) is 4.26. The van der Waals surface area contributed by atoms with Gasteiger partial charge in [-0.15, -0.1) is 0 Å². The van der Waals surface area contributed by atoms with Crippen LogP contribution in [0.3, 0.4) is 0 Å². The average molecular weight is 235 g/mol. The van der Waals surface area contributed by atoms with Gasteiger partial charge in [0.15, 0.2) is 0 Å². The quantitative estimate of drug-likeness (QED) is 0.840. The van der Waals surface area contributed by atoms with Gasteiger partial charge in [0.2, 0.25) is 0 Å². The van der Waals surface area contributed by atoms with Crippen LogP contribution in [-0.2, 0) is 0 Å². The van der Waals surface area contributed by atoms with Gasteiger partial charge in [0, 0.05) is 11.6 Å². The molecule has 0 heterocycles. The highest BCUT2D eigenvalue weighted by Crippen LogP contribution is 2.07. The third-order valence-corrected chi connectivity index (χ3v) is 2.73. The lowest BCUT2D eigenvalue weighted by atomic mass is 10.1. The topological polar surface area (TPSA) is 66.4 Å². The maximum atomic E-state index is 11.8. The average Bonchev–Trinajstić information content (AvgIpc) is 2.28. The van der Waals surface area contributed by atoms with Gasteiger partial charge in [0.1, 0.15) is 0 Å². The van der Waals surface area contributed by atoms with Crippen LogP contribution in [0.25, 0.3) is 0 Å². The van der Waals surface area contributed by atoms with Gasteiger partial charge in [-0.05, 0) is 31.0 Å². The number of aromatic carboxylic acids is 1. The molecule has 0 bridgehead atoms. The van der Waals surface area contributed by atoms with E-state index in [0.29, 0.717) is 11.5 Å². The third-order valence-electron chi connectivity index (χ3n) is 2.73. The SMILES string of the molecule is CC(C)C(C)NC(=O)c1cccc(C(=O)O)c1. The van der Waals surface area contributed by atoms with Crippen molar-refractivity contribution in [3.8, 4) is 0 Å². The molecule has 4 nitrogen and oxygen atoms in total. The molecule has 4 heteroatoms. The number of carbonyl (C=O) groups is 2. The highest BCUT2D eigenvalue weighted by atomic mass is 16.4. The molecule has 0 saturated heterocycles. The molecule has 1 aromatic carbocycles. The van der Waals surface area contributed by atoms with Crippen molar-refractivity contribution in [1.82, 2.24) is 5.32 Å². The summed E-state index contributed by atoms with van der Waals surface area (Å²) in [7, 11) is 0. The summed E-state index contributed by atoms with van der Waals surface area (Å²) in [4.78, 5) is 22.6. The van der Waals surface area contributed by atoms with Gasteiger partial charge in [-0.2, -0.15) is 0 Å². The molecule has 0 aromatic heterocycles. The van der Waals surface area contributed by atoms with Gasteiger partial charge in [0.05, 0.1) is 5.56 Å². The standard InChI is InChI=1S/C13H17NO3/c1-8(2)9(3)14-12(15)10-5-4-6-11(7-10)13(16)17/h4-9H,1-3H3,(H,14,15)(H,16,17). The molecule has 1 amide bonds. The van der Waals surface area contributed by atoms with Gasteiger partial charge in [-0.1, -0.05) is 19.9 Å². The van der Waals surface area contributed by atoms with E-state index in [2.05, 4.69) is 5.32 Å². The van der Waals surface area contributed by atoms with Crippen LogP contribution in [0.5, 0.6) is 0 Å². The number of nitrogens with one attached hydrogen (secondary N) is 1. The number of amides is 1. The van der Waals surface area contributed by atoms with Gasteiger partial charge in [-0.3, -0.25) is 4.79 Å². The number of carbonyl (C=O) groups excluding carboxylic acids is 1. The van der Waals surface area contributed by atoms with Crippen molar-refractivity contribution in [3.05, 3.63) is 35.4 Å². The highest BCUT2D eigenvalue weighted by molar-refractivity contribution is 5.97. The van der Waals surface area contributed by atoms with Crippen molar-refractivity contribution < 1.29 is 14.7 Å². The number of hydrogen-bond donors (Lipinski definition) is 2. The third kappa shape index (κ3) is 3.59. The molecule has 0 spiro atoms. The number of rotatable bonds is 4. The first-order chi connectivity index (χ1) is 7.91. The fraction of sp³-hybridized carbons (Fsp3) is 0.385. The van der Waals surface area contributed by atoms with Crippen molar-refractivity contribution >= 4 is 11.9 Å². The van der Waals surface area contributed by atoms with Gasteiger partial charge in [0.25, 0.3) is 5.91 Å². The zero-order valence-electron chi connectivity index (χ0n) is 10.2. The molecule has 2 N–H and O–H groups in total. The van der Waals surface area contributed by atoms with Crippen LogP contribution in [0.4, 0.5) is 0 Å². The van der Waals surface area contributed by atoms with Crippen LogP contribution in [0.15, 0.2) is 24.3 Å². The van der Waals surface area contributed by atoms with E-state index in [9.17, 15) is 9.59 Å². The molecule has 0 fully saturated rings. The fourth-order valence-corrected chi connectivity index (χ4v) is 1.25. The van der Waals surface area contributed by atoms with E-state index >= 15 is 0 Å². The molecule has 0 saturated carbocycles. The van der Waals surface area contributed by atoms with E-state index in [-0.39, 0.29) is 17.5 Å². The minimum absolute atomic E-state index is 0.0518. The van der Waals surface area contributed by atoms with E-state index in [1.54, 1.807) is 12.1 Å². The maximum absolute atomic E-state index is 11.8. The summed E-state index contributed by atoms with van der Waals surface area (Å²) < 4.78 is 0. The smallest absolute Gasteiger partial charge is 0.335 e. The first-order valence-electron chi connectivity index (χ1n) is 5.56. The van der Waals surface area contributed by atoms with Crippen molar-refractivity contribution in [3.63, 3.8) is 0 Å². The second-order valence-corrected chi connectivity index (χ2v) is 4.39. The van der Waals surface area contributed by atoms with Gasteiger partial charge in [-0.25, -0.2) is 4.79 Å². The molecule has 1 aromatic rings. The molecule has 17 heavy (non-hydrogen) atoms. The Bertz CT molecular complexity index is 426. The Morgan fingerprint density at radius 1 is 1.18 bits per heavy atom. The summed E-state index contributed by atoms with van der Waals surface area (Å²) >= 11 is 0. The Hall–Kier alpha value is -1.84. The first-order valence-corrected chi connectivity index (χ1v) is 5.56. The Labute approximate surface area is 101 Å². The van der Waals surface area contributed by atoms with Crippen molar-refractivity contribution in [2.45, 2.75) is 26.8 Å². The number of benzene rings is 1. The van der Waals surface area contributed by atoms with Gasteiger partial charge >= 0.3 is 5.97 Å². The molecule has 92 valence electrons. The summed E-state index contributed by atoms with van der Waals surface area (Å²) in [6.07, 6.45) is 0. The lowest BCUT2D eigenvalue weighted by molar-refractivity contribution is 0.0697. The molecule has 1 unspecified atom stereocenters. The monoisotopic (exact) mass is 235 g/mol. The van der Waals surface area contributed by atoms with Crippen molar-refractivity contribution in [2.75, 3.05) is 0 Å². The summed E-state index contributed by atoms with van der Waals surface area (Å²) in [5.74, 6) is -0.938. The lowest BCUT2D eigenvalue weighted by Gasteiger charge is -2.17. The van der Waals surface area contributed by atoms with Crippen LogP contribution in [0.1, 0.15) is 41.5 Å². The zero-order chi connectivity index (χ0) is 13.0. The van der Waals surface area contributed by atoms with Crippen molar-refractivity contribution in [2.24, 2.45) is 5.92 Å². The second kappa shape index (κ2) is 5.48. The molecular weight excluding hydrogens is 218 g/mol. The minimum atomic E-state index is -1.03. The summed E-state index contributed by atoms with van der Waals surface area (Å²) in [5, 5.41) is 11.7. The largest absolute Gasteiger partial charge is 0.478 e. The fourth-order valence-electron chi connectivity index (χ4n) is 1.25. The van der Waals surface area contributed by atoms with E-state index in [4.69, 9.17) is 5.11 Å². The van der Waals surface area contributed by atoms with Crippen LogP contribution in [0, 0.1) is 5.92 Å². The lowest BCUT2D eigenvalue weighted by Crippen LogP contribution is -2.36.